The Balaban J connectivity index is 1.24. The fraction of sp³-hybridized carbons (Fsp3) is 0.300. The number of amides is 2. The number of nitrogens with zero attached hydrogens (tertiary/aromatic N) is 2. The van der Waals surface area contributed by atoms with Gasteiger partial charge in [-0.1, -0.05) is 36.4 Å². The van der Waals surface area contributed by atoms with Crippen LogP contribution in [0.15, 0.2) is 60.9 Å². The number of carbonyl (C=O) groups excluding carboxylic acids is 1. The average molecular weight is 334 g/mol. The molecule has 5 heteroatoms. The Labute approximate surface area is 147 Å². The van der Waals surface area contributed by atoms with Crippen molar-refractivity contribution in [3.8, 4) is 0 Å². The van der Waals surface area contributed by atoms with Gasteiger partial charge < -0.3 is 15.0 Å². The van der Waals surface area contributed by atoms with Gasteiger partial charge in [-0.25, -0.2) is 9.78 Å². The van der Waals surface area contributed by atoms with E-state index in [1.165, 1.54) is 5.56 Å². The van der Waals surface area contributed by atoms with Gasteiger partial charge in [0, 0.05) is 37.3 Å². The highest BCUT2D eigenvalue weighted by molar-refractivity contribution is 5.74. The highest BCUT2D eigenvalue weighted by Crippen LogP contribution is 2.47. The third kappa shape index (κ3) is 3.50. The number of aromatic nitrogens is 2. The van der Waals surface area contributed by atoms with Gasteiger partial charge in [0.25, 0.3) is 0 Å². The summed E-state index contributed by atoms with van der Waals surface area (Å²) < 4.78 is 1.99. The summed E-state index contributed by atoms with van der Waals surface area (Å²) in [5.74, 6) is 0. The average Bonchev–Trinajstić information content (AvgIpc) is 3.33. The lowest BCUT2D eigenvalue weighted by Gasteiger charge is -2.16. The normalized spacial score (nSPS) is 15.0. The van der Waals surface area contributed by atoms with E-state index < -0.39 is 0 Å². The molecule has 0 atom stereocenters. The first kappa shape index (κ1) is 15.7. The van der Waals surface area contributed by atoms with Crippen LogP contribution < -0.4 is 10.6 Å². The summed E-state index contributed by atoms with van der Waals surface area (Å²) in [7, 11) is 0. The Morgan fingerprint density at radius 2 is 1.88 bits per heavy atom. The van der Waals surface area contributed by atoms with Crippen LogP contribution in [0.1, 0.15) is 24.1 Å². The van der Waals surface area contributed by atoms with Gasteiger partial charge in [-0.3, -0.25) is 0 Å². The van der Waals surface area contributed by atoms with Crippen molar-refractivity contribution >= 4 is 11.7 Å². The van der Waals surface area contributed by atoms with Gasteiger partial charge in [0.2, 0.25) is 0 Å². The van der Waals surface area contributed by atoms with E-state index in [1.54, 1.807) is 0 Å². The smallest absolute Gasteiger partial charge is 0.314 e. The molecule has 1 aliphatic carbocycles. The van der Waals surface area contributed by atoms with Gasteiger partial charge in [0.1, 0.15) is 5.65 Å². The maximum absolute atomic E-state index is 12.1. The summed E-state index contributed by atoms with van der Waals surface area (Å²) in [4.78, 5) is 16.6. The molecule has 25 heavy (non-hydrogen) atoms. The maximum Gasteiger partial charge on any atom is 0.314 e. The van der Waals surface area contributed by atoms with E-state index in [4.69, 9.17) is 0 Å². The summed E-state index contributed by atoms with van der Waals surface area (Å²) in [6.45, 7) is 1.27. The first-order chi connectivity index (χ1) is 12.3. The molecule has 0 saturated heterocycles. The van der Waals surface area contributed by atoms with Crippen LogP contribution >= 0.6 is 0 Å². The second-order valence-electron chi connectivity index (χ2n) is 6.70. The lowest BCUT2D eigenvalue weighted by Crippen LogP contribution is -2.40. The highest BCUT2D eigenvalue weighted by Gasteiger charge is 2.44. The van der Waals surface area contributed by atoms with E-state index in [9.17, 15) is 4.79 Å². The Bertz CT molecular complexity index is 835. The Morgan fingerprint density at radius 1 is 1.08 bits per heavy atom. The van der Waals surface area contributed by atoms with Crippen LogP contribution in [0.3, 0.4) is 0 Å². The number of urea groups is 1. The minimum atomic E-state index is -0.106. The number of pyridine rings is 1. The molecule has 128 valence electrons. The first-order valence-corrected chi connectivity index (χ1v) is 8.75. The fourth-order valence-electron chi connectivity index (χ4n) is 3.23. The molecule has 0 unspecified atom stereocenters. The van der Waals surface area contributed by atoms with Crippen molar-refractivity contribution in [3.05, 3.63) is 72.2 Å². The van der Waals surface area contributed by atoms with Gasteiger partial charge in [-0.05, 0) is 30.5 Å². The molecule has 1 fully saturated rings. The third-order valence-electron chi connectivity index (χ3n) is 4.91. The fourth-order valence-corrected chi connectivity index (χ4v) is 3.23. The molecule has 0 aliphatic heterocycles. The molecule has 2 amide bonds. The first-order valence-electron chi connectivity index (χ1n) is 8.75. The Hall–Kier alpha value is -2.82. The number of hydrogen-bond acceptors (Lipinski definition) is 2. The van der Waals surface area contributed by atoms with Crippen LogP contribution in [0.5, 0.6) is 0 Å². The quantitative estimate of drug-likeness (QED) is 0.728. The largest absolute Gasteiger partial charge is 0.338 e. The number of rotatable bonds is 6. The third-order valence-corrected chi connectivity index (χ3v) is 4.91. The van der Waals surface area contributed by atoms with Crippen LogP contribution in [0.25, 0.3) is 5.65 Å². The zero-order valence-electron chi connectivity index (χ0n) is 14.1. The Kier molecular flexibility index (Phi) is 4.14. The zero-order valence-corrected chi connectivity index (χ0v) is 14.1. The second kappa shape index (κ2) is 6.59. The molecule has 4 rings (SSSR count). The van der Waals surface area contributed by atoms with E-state index in [-0.39, 0.29) is 11.4 Å². The number of benzene rings is 1. The minimum absolute atomic E-state index is 0.106. The van der Waals surface area contributed by atoms with Gasteiger partial charge in [0.15, 0.2) is 0 Å². The number of hydrogen-bond donors (Lipinski definition) is 2. The molecule has 3 aromatic rings. The monoisotopic (exact) mass is 334 g/mol. The number of fused-ring (bicyclic) bond motifs is 1. The summed E-state index contributed by atoms with van der Waals surface area (Å²) in [6.07, 6.45) is 6.98. The molecule has 1 aliphatic rings. The van der Waals surface area contributed by atoms with Crippen LogP contribution in [-0.4, -0.2) is 28.5 Å². The van der Waals surface area contributed by atoms with Crippen molar-refractivity contribution in [1.29, 1.82) is 0 Å². The predicted molar refractivity (Wildman–Crippen MR) is 97.7 cm³/mol. The van der Waals surface area contributed by atoms with Crippen LogP contribution in [0.2, 0.25) is 0 Å². The predicted octanol–water partition coefficient (Wildman–Crippen LogP) is 2.91. The molecule has 2 N–H and O–H groups in total. The van der Waals surface area contributed by atoms with E-state index >= 15 is 0 Å². The topological polar surface area (TPSA) is 58.4 Å². The molecule has 0 spiro atoms. The van der Waals surface area contributed by atoms with Crippen molar-refractivity contribution in [1.82, 2.24) is 20.0 Å². The van der Waals surface area contributed by atoms with Gasteiger partial charge in [0.05, 0.1) is 5.69 Å². The molecular formula is C20H22N4O. The standard InChI is InChI=1S/C20H22N4O/c25-19(22-15-20(10-11-20)16-6-2-1-3-7-16)21-12-9-17-14-24-13-5-4-8-18(24)23-17/h1-8,13-14H,9-12,15H2,(H2,21,22,25). The molecule has 1 aromatic carbocycles. The van der Waals surface area contributed by atoms with Gasteiger partial charge in [-0.2, -0.15) is 0 Å². The Morgan fingerprint density at radius 3 is 2.64 bits per heavy atom. The van der Waals surface area contributed by atoms with Crippen molar-refractivity contribution < 1.29 is 4.79 Å². The van der Waals surface area contributed by atoms with Crippen LogP contribution in [0, 0.1) is 0 Å². The molecule has 0 bridgehead atoms. The summed E-state index contributed by atoms with van der Waals surface area (Å²) in [5, 5.41) is 5.95. The second-order valence-corrected chi connectivity index (χ2v) is 6.70. The maximum atomic E-state index is 12.1. The van der Waals surface area contributed by atoms with Gasteiger partial charge in [-0.15, -0.1) is 0 Å². The van der Waals surface area contributed by atoms with Crippen molar-refractivity contribution in [2.75, 3.05) is 13.1 Å². The summed E-state index contributed by atoms with van der Waals surface area (Å²) in [5.41, 5.74) is 3.37. The van der Waals surface area contributed by atoms with Crippen LogP contribution in [-0.2, 0) is 11.8 Å². The highest BCUT2D eigenvalue weighted by atomic mass is 16.2. The molecule has 1 saturated carbocycles. The van der Waals surface area contributed by atoms with E-state index in [0.29, 0.717) is 13.1 Å². The number of imidazole rings is 1. The van der Waals surface area contributed by atoms with E-state index in [1.807, 2.05) is 41.1 Å². The zero-order chi connectivity index (χ0) is 17.1. The molecule has 5 nitrogen and oxygen atoms in total. The van der Waals surface area contributed by atoms with Crippen LogP contribution in [0.4, 0.5) is 4.79 Å². The van der Waals surface area contributed by atoms with E-state index in [0.717, 1.165) is 30.6 Å². The van der Waals surface area contributed by atoms with Crippen molar-refractivity contribution in [2.45, 2.75) is 24.7 Å². The van der Waals surface area contributed by atoms with Gasteiger partial charge >= 0.3 is 6.03 Å². The summed E-state index contributed by atoms with van der Waals surface area (Å²) in [6, 6.07) is 16.3. The number of nitrogens with one attached hydrogen (secondary N) is 2. The SMILES string of the molecule is O=C(NCCc1cn2ccccc2n1)NCC1(c2ccccc2)CC1. The van der Waals surface area contributed by atoms with Crippen molar-refractivity contribution in [2.24, 2.45) is 0 Å². The van der Waals surface area contributed by atoms with E-state index in [2.05, 4.69) is 39.9 Å². The molecular weight excluding hydrogens is 312 g/mol. The molecule has 2 aromatic heterocycles. The number of carbonyl (C=O) groups is 1. The van der Waals surface area contributed by atoms with Crippen molar-refractivity contribution in [3.63, 3.8) is 0 Å². The molecule has 2 heterocycles. The lowest BCUT2D eigenvalue weighted by atomic mass is 9.96. The lowest BCUT2D eigenvalue weighted by molar-refractivity contribution is 0.240. The minimum Gasteiger partial charge on any atom is -0.338 e. The summed E-state index contributed by atoms with van der Waals surface area (Å²) >= 11 is 0. The molecule has 0 radical (unpaired) electrons.